The Hall–Kier alpha value is -4.74. The van der Waals surface area contributed by atoms with Crippen molar-refractivity contribution in [1.29, 1.82) is 0 Å². The summed E-state index contributed by atoms with van der Waals surface area (Å²) in [5, 5.41) is 18.8. The number of nitrogens with one attached hydrogen (secondary N) is 1. The van der Waals surface area contributed by atoms with E-state index < -0.39 is 30.0 Å². The predicted octanol–water partition coefficient (Wildman–Crippen LogP) is 4.63. The number of aliphatic carboxylic acids is 2. The molecule has 18 heteroatoms. The molecule has 2 saturated carbocycles. The number of hydrogen-bond acceptors (Lipinski definition) is 8. The van der Waals surface area contributed by atoms with Crippen molar-refractivity contribution in [1.82, 2.24) is 30.0 Å². The zero-order valence-electron chi connectivity index (χ0n) is 30.7. The van der Waals surface area contributed by atoms with Gasteiger partial charge in [-0.3, -0.25) is 19.2 Å². The van der Waals surface area contributed by atoms with Gasteiger partial charge in [0.1, 0.15) is 0 Å². The van der Waals surface area contributed by atoms with Gasteiger partial charge < -0.3 is 30.2 Å². The number of carbonyl (C=O) groups is 5. The Labute approximate surface area is 309 Å². The molecular formula is C36H47F5N6O7. The average Bonchev–Trinajstić information content (AvgIpc) is 3.80. The fourth-order valence-corrected chi connectivity index (χ4v) is 6.23. The SMILES string of the molecule is CC1(C(=O)O)CCC1.CN(C(=O)C1(C)CCC1)[C@H]1CCN(C(=O)c2ccc(F)nc2)C1.CN[C@H]1CCN(C(=O)c2ccc(F)nc2)C1.O=C(O)C(F)(F)F. The molecule has 2 aromatic heterocycles. The molecule has 0 spiro atoms. The molecule has 2 saturated heterocycles. The molecule has 0 aromatic carbocycles. The number of carboxylic acid groups (broad SMARTS) is 2. The van der Waals surface area contributed by atoms with Crippen molar-refractivity contribution in [3.8, 4) is 0 Å². The zero-order valence-corrected chi connectivity index (χ0v) is 30.7. The minimum Gasteiger partial charge on any atom is -0.481 e. The maximum atomic E-state index is 12.9. The highest BCUT2D eigenvalue weighted by atomic mass is 19.4. The number of aromatic nitrogens is 2. The van der Waals surface area contributed by atoms with Gasteiger partial charge in [0.25, 0.3) is 11.8 Å². The largest absolute Gasteiger partial charge is 0.490 e. The van der Waals surface area contributed by atoms with E-state index >= 15 is 0 Å². The van der Waals surface area contributed by atoms with E-state index in [1.54, 1.807) is 16.7 Å². The van der Waals surface area contributed by atoms with Gasteiger partial charge in [-0.25, -0.2) is 14.8 Å². The minimum absolute atomic E-state index is 0.0530. The molecule has 13 nitrogen and oxygen atoms in total. The first-order valence-electron chi connectivity index (χ1n) is 17.5. The van der Waals surface area contributed by atoms with Gasteiger partial charge in [0, 0.05) is 57.1 Å². The average molecular weight is 771 g/mol. The quantitative estimate of drug-likeness (QED) is 0.278. The molecule has 0 unspecified atom stereocenters. The predicted molar refractivity (Wildman–Crippen MR) is 184 cm³/mol. The standard InChI is InChI=1S/C17H22FN3O2.C11H14FN3O.C6H10O2.C2HF3O2/c1-17(7-3-8-17)16(23)20(2)13-6-9-21(11-13)15(22)12-4-5-14(18)19-10-12;1-13-9-4-5-15(7-9)11(16)8-2-3-10(12)14-6-8;1-6(5(7)8)3-2-4-6;3-2(4,5)1(6)7/h4-5,10,13H,3,6-9,11H2,1-2H3;2-3,6,9,13H,4-5,7H2,1H3;2-4H2,1H3,(H,7,8);(H,6,7)/t13-;9-;;/m00../s1. The molecule has 54 heavy (non-hydrogen) atoms. The number of nitrogens with zero attached hydrogens (tertiary/aromatic N) is 5. The van der Waals surface area contributed by atoms with Crippen LogP contribution in [-0.4, -0.2) is 123 Å². The van der Waals surface area contributed by atoms with Crippen LogP contribution in [0.4, 0.5) is 22.0 Å². The Morgan fingerprint density at radius 1 is 0.796 bits per heavy atom. The first-order valence-corrected chi connectivity index (χ1v) is 17.5. The lowest BCUT2D eigenvalue weighted by Gasteiger charge is -2.41. The van der Waals surface area contributed by atoms with Crippen molar-refractivity contribution < 1.29 is 56.1 Å². The summed E-state index contributed by atoms with van der Waals surface area (Å²) in [6.45, 7) is 6.40. The lowest BCUT2D eigenvalue weighted by molar-refractivity contribution is -0.192. The summed E-state index contributed by atoms with van der Waals surface area (Å²) in [6.07, 6.45) is 5.02. The molecule has 4 fully saturated rings. The van der Waals surface area contributed by atoms with E-state index in [4.69, 9.17) is 15.0 Å². The van der Waals surface area contributed by atoms with Crippen molar-refractivity contribution in [3.63, 3.8) is 0 Å². The molecule has 3 amide bonds. The molecule has 2 aliphatic carbocycles. The van der Waals surface area contributed by atoms with Crippen LogP contribution >= 0.6 is 0 Å². The Morgan fingerprint density at radius 2 is 1.24 bits per heavy atom. The Balaban J connectivity index is 0.000000218. The number of halogens is 5. The Morgan fingerprint density at radius 3 is 1.56 bits per heavy atom. The Kier molecular flexibility index (Phi) is 15.0. The van der Waals surface area contributed by atoms with Crippen LogP contribution in [-0.2, 0) is 14.4 Å². The highest BCUT2D eigenvalue weighted by molar-refractivity contribution is 5.94. The monoisotopic (exact) mass is 770 g/mol. The van der Waals surface area contributed by atoms with Crippen LogP contribution in [0.2, 0.25) is 0 Å². The maximum absolute atomic E-state index is 12.9. The minimum atomic E-state index is -5.08. The third-order valence-corrected chi connectivity index (χ3v) is 10.3. The number of pyridine rings is 2. The van der Waals surface area contributed by atoms with Crippen LogP contribution in [0, 0.1) is 22.7 Å². The topological polar surface area (TPSA) is 173 Å². The summed E-state index contributed by atoms with van der Waals surface area (Å²) in [7, 11) is 3.72. The molecular weight excluding hydrogens is 723 g/mol. The van der Waals surface area contributed by atoms with E-state index in [1.165, 1.54) is 36.7 Å². The van der Waals surface area contributed by atoms with Crippen molar-refractivity contribution in [3.05, 3.63) is 59.7 Å². The Bertz CT molecular complexity index is 1620. The lowest BCUT2D eigenvalue weighted by Crippen LogP contribution is -2.49. The van der Waals surface area contributed by atoms with Gasteiger partial charge in [-0.1, -0.05) is 19.8 Å². The summed E-state index contributed by atoms with van der Waals surface area (Å²) in [5.74, 6) is -4.60. The molecule has 2 aromatic rings. The number of amides is 3. The van der Waals surface area contributed by atoms with Crippen molar-refractivity contribution in [2.45, 2.75) is 83.5 Å². The summed E-state index contributed by atoms with van der Waals surface area (Å²) in [4.78, 5) is 68.5. The van der Waals surface area contributed by atoms with E-state index in [1.807, 2.05) is 25.9 Å². The highest BCUT2D eigenvalue weighted by Crippen LogP contribution is 2.42. The van der Waals surface area contributed by atoms with Crippen molar-refractivity contribution in [2.24, 2.45) is 10.8 Å². The number of alkyl halides is 3. The van der Waals surface area contributed by atoms with Crippen LogP contribution in [0.1, 0.15) is 85.9 Å². The normalized spacial score (nSPS) is 20.6. The second-order valence-corrected chi connectivity index (χ2v) is 14.3. The second kappa shape index (κ2) is 18.5. The fraction of sp³-hybridized carbons (Fsp3) is 0.583. The summed E-state index contributed by atoms with van der Waals surface area (Å²) >= 11 is 0. The summed E-state index contributed by atoms with van der Waals surface area (Å²) < 4.78 is 57.2. The lowest BCUT2D eigenvalue weighted by atomic mass is 9.69. The zero-order chi connectivity index (χ0) is 40.4. The molecule has 4 heterocycles. The first-order chi connectivity index (χ1) is 25.2. The van der Waals surface area contributed by atoms with Crippen molar-refractivity contribution in [2.75, 3.05) is 40.3 Å². The summed E-state index contributed by atoms with van der Waals surface area (Å²) in [6, 6.07) is 5.72. The number of likely N-dealkylation sites (tertiary alicyclic amines) is 2. The third-order valence-electron chi connectivity index (χ3n) is 10.3. The maximum Gasteiger partial charge on any atom is 0.490 e. The van der Waals surface area contributed by atoms with Gasteiger partial charge in [-0.15, -0.1) is 0 Å². The first kappa shape index (κ1) is 43.7. The van der Waals surface area contributed by atoms with Crippen LogP contribution in [0.5, 0.6) is 0 Å². The van der Waals surface area contributed by atoms with E-state index in [9.17, 15) is 41.1 Å². The fourth-order valence-electron chi connectivity index (χ4n) is 6.23. The second-order valence-electron chi connectivity index (χ2n) is 14.3. The molecule has 2 aliphatic heterocycles. The number of carboxylic acids is 2. The smallest absolute Gasteiger partial charge is 0.481 e. The third kappa shape index (κ3) is 11.6. The van der Waals surface area contributed by atoms with E-state index in [-0.39, 0.29) is 34.6 Å². The van der Waals surface area contributed by atoms with Gasteiger partial charge in [0.2, 0.25) is 17.8 Å². The van der Waals surface area contributed by atoms with E-state index in [0.717, 1.165) is 57.9 Å². The molecule has 0 bridgehead atoms. The van der Waals surface area contributed by atoms with E-state index in [2.05, 4.69) is 15.3 Å². The van der Waals surface area contributed by atoms with Crippen LogP contribution in [0.15, 0.2) is 36.7 Å². The molecule has 6 rings (SSSR count). The molecule has 3 N–H and O–H groups in total. The number of rotatable bonds is 6. The van der Waals surface area contributed by atoms with Crippen molar-refractivity contribution >= 4 is 29.7 Å². The highest BCUT2D eigenvalue weighted by Gasteiger charge is 2.44. The molecule has 2 atom stereocenters. The molecule has 298 valence electrons. The van der Waals surface area contributed by atoms with Gasteiger partial charge in [0.05, 0.1) is 22.6 Å². The van der Waals surface area contributed by atoms with Gasteiger partial charge in [-0.05, 0) is 76.8 Å². The van der Waals surface area contributed by atoms with Gasteiger partial charge in [0.15, 0.2) is 0 Å². The van der Waals surface area contributed by atoms with Gasteiger partial charge >= 0.3 is 18.1 Å². The number of hydrogen-bond donors (Lipinski definition) is 3. The van der Waals surface area contributed by atoms with Crippen LogP contribution < -0.4 is 5.32 Å². The molecule has 0 radical (unpaired) electrons. The molecule has 4 aliphatic rings. The number of carbonyl (C=O) groups excluding carboxylic acids is 3. The number of likely N-dealkylation sites (N-methyl/N-ethyl adjacent to an activating group) is 2. The van der Waals surface area contributed by atoms with Crippen LogP contribution in [0.25, 0.3) is 0 Å². The van der Waals surface area contributed by atoms with Crippen LogP contribution in [0.3, 0.4) is 0 Å². The van der Waals surface area contributed by atoms with Gasteiger partial charge in [-0.2, -0.15) is 22.0 Å². The summed E-state index contributed by atoms with van der Waals surface area (Å²) in [5.41, 5.74) is 0.248. The van der Waals surface area contributed by atoms with E-state index in [0.29, 0.717) is 36.8 Å².